The van der Waals surface area contributed by atoms with Crippen LogP contribution in [0.5, 0.6) is 0 Å². The maximum absolute atomic E-state index is 2.58. The molecule has 0 aliphatic rings. The van der Waals surface area contributed by atoms with Crippen LogP contribution in [0.15, 0.2) is 9.67 Å². The molecule has 0 saturated heterocycles. The molecule has 0 heterocycles. The number of rotatable bonds is 4. The summed E-state index contributed by atoms with van der Waals surface area (Å²) in [5, 5.41) is 0. The molecule has 0 spiro atoms. The molecule has 0 atom stereocenters. The summed E-state index contributed by atoms with van der Waals surface area (Å²) in [6.07, 6.45) is 0. The van der Waals surface area contributed by atoms with E-state index in [9.17, 15) is 0 Å². The number of hydrogen-bond donors (Lipinski definition) is 0. The van der Waals surface area contributed by atoms with Crippen LogP contribution in [0.4, 0.5) is 0 Å². The van der Waals surface area contributed by atoms with Crippen LogP contribution in [0, 0.1) is 0 Å². The Morgan fingerprint density at radius 1 is 0.786 bits per heavy atom. The predicted molar refractivity (Wildman–Crippen MR) is 66.2 cm³/mol. The van der Waals surface area contributed by atoms with Crippen LogP contribution in [0.1, 0.15) is 13.8 Å². The molecule has 3 nitrogen and oxygen atoms in total. The van der Waals surface area contributed by atoms with E-state index in [0.717, 1.165) is 0 Å². The Labute approximate surface area is 94.3 Å². The van der Waals surface area contributed by atoms with E-state index in [1.165, 1.54) is 5.57 Å². The third-order valence-electron chi connectivity index (χ3n) is 2.46. The van der Waals surface area contributed by atoms with Crippen molar-refractivity contribution >= 4 is 19.2 Å². The van der Waals surface area contributed by atoms with Crippen molar-refractivity contribution < 1.29 is 0 Å². The Balaban J connectivity index is 5.28. The van der Waals surface area contributed by atoms with Crippen molar-refractivity contribution in [2.75, 3.05) is 42.3 Å². The molecule has 0 amide bonds. The van der Waals surface area contributed by atoms with Gasteiger partial charge in [-0.25, -0.2) is 0 Å². The van der Waals surface area contributed by atoms with E-state index < -0.39 is 19.2 Å². The molecule has 0 aromatic rings. The van der Waals surface area contributed by atoms with Crippen molar-refractivity contribution in [1.82, 2.24) is 9.36 Å². The van der Waals surface area contributed by atoms with Gasteiger partial charge in [-0.15, -0.1) is 0 Å². The van der Waals surface area contributed by atoms with Crippen LogP contribution in [0.25, 0.3) is 0 Å². The molecule has 84 valence electrons. The van der Waals surface area contributed by atoms with Gasteiger partial charge < -0.3 is 0 Å². The van der Waals surface area contributed by atoms with Crippen LogP contribution in [0.3, 0.4) is 0 Å². The van der Waals surface area contributed by atoms with Crippen molar-refractivity contribution in [1.29, 1.82) is 0 Å². The summed E-state index contributed by atoms with van der Waals surface area (Å²) in [4.78, 5) is 0. The van der Waals surface area contributed by atoms with E-state index in [0.29, 0.717) is 0 Å². The summed E-state index contributed by atoms with van der Waals surface area (Å²) in [7, 11) is 13.1. The molecule has 0 rings (SSSR count). The van der Waals surface area contributed by atoms with Crippen molar-refractivity contribution in [2.24, 2.45) is 0 Å². The molecule has 0 fully saturated rings. The van der Waals surface area contributed by atoms with Gasteiger partial charge in [0, 0.05) is 0 Å². The van der Waals surface area contributed by atoms with Crippen LogP contribution >= 0.6 is 0 Å². The van der Waals surface area contributed by atoms with Crippen LogP contribution in [-0.4, -0.2) is 70.8 Å². The number of nitrogens with zero attached hydrogens (tertiary/aromatic N) is 3. The van der Waals surface area contributed by atoms with Crippen molar-refractivity contribution in [3.05, 3.63) is 9.67 Å². The van der Waals surface area contributed by atoms with Crippen LogP contribution < -0.4 is 0 Å². The molecular weight excluding hydrogens is 281 g/mol. The van der Waals surface area contributed by atoms with Gasteiger partial charge in [-0.1, -0.05) is 0 Å². The number of hydrogen-bond acceptors (Lipinski definition) is 3. The molecule has 0 aromatic carbocycles. The second-order valence-corrected chi connectivity index (χ2v) is 17.0. The average molecular weight is 306 g/mol. The molecule has 14 heavy (non-hydrogen) atoms. The fourth-order valence-electron chi connectivity index (χ4n) is 1.97. The second-order valence-electron chi connectivity index (χ2n) is 4.59. The van der Waals surface area contributed by atoms with E-state index in [4.69, 9.17) is 0 Å². The maximum atomic E-state index is 2.48. The fourth-order valence-corrected chi connectivity index (χ4v) is 13.2. The molecule has 0 aromatic heterocycles. The zero-order valence-electron chi connectivity index (χ0n) is 10.9. The van der Waals surface area contributed by atoms with E-state index in [1.807, 2.05) is 0 Å². The molecule has 0 bridgehead atoms. The first-order valence-corrected chi connectivity index (χ1v) is 10.4. The molecular formula is C10H25N3Sn. The fraction of sp³-hybridized carbons (Fsp3) is 0.800. The minimum absolute atomic E-state index is 1.41. The quantitative estimate of drug-likeness (QED) is 0.721. The van der Waals surface area contributed by atoms with E-state index in [-0.39, 0.29) is 0 Å². The normalized spacial score (nSPS) is 12.8. The summed E-state index contributed by atoms with van der Waals surface area (Å²) in [6, 6.07) is 0. The minimum atomic E-state index is -2.58. The summed E-state index contributed by atoms with van der Waals surface area (Å²) in [5.41, 5.74) is 1.41. The van der Waals surface area contributed by atoms with Gasteiger partial charge in [0.1, 0.15) is 0 Å². The van der Waals surface area contributed by atoms with Crippen LogP contribution in [-0.2, 0) is 0 Å². The van der Waals surface area contributed by atoms with E-state index in [1.54, 1.807) is 0 Å². The Morgan fingerprint density at radius 2 is 1.07 bits per heavy atom. The zero-order valence-corrected chi connectivity index (χ0v) is 13.8. The first kappa shape index (κ1) is 14.4. The monoisotopic (exact) mass is 307 g/mol. The first-order chi connectivity index (χ1) is 6.25. The molecule has 0 aliphatic heterocycles. The van der Waals surface area contributed by atoms with Gasteiger partial charge in [-0.05, 0) is 0 Å². The average Bonchev–Trinajstić information content (AvgIpc) is 1.97. The molecule has 0 aliphatic carbocycles. The molecule has 4 heteroatoms. The topological polar surface area (TPSA) is 9.72 Å². The summed E-state index contributed by atoms with van der Waals surface area (Å²) in [5.74, 6) is 0. The first-order valence-electron chi connectivity index (χ1n) is 4.93. The zero-order chi connectivity index (χ0) is 11.5. The van der Waals surface area contributed by atoms with Gasteiger partial charge in [0.15, 0.2) is 0 Å². The summed E-state index contributed by atoms with van der Waals surface area (Å²) in [6.45, 7) is 4.37. The van der Waals surface area contributed by atoms with Gasteiger partial charge in [-0.3, -0.25) is 0 Å². The Bertz CT molecular complexity index is 184. The summed E-state index contributed by atoms with van der Waals surface area (Å²) < 4.78 is 9.74. The number of allylic oxidation sites excluding steroid dienone is 1. The van der Waals surface area contributed by atoms with Gasteiger partial charge >= 0.3 is 94.4 Å². The van der Waals surface area contributed by atoms with Gasteiger partial charge in [0.25, 0.3) is 0 Å². The van der Waals surface area contributed by atoms with E-state index >= 15 is 0 Å². The second kappa shape index (κ2) is 5.49. The Kier molecular flexibility index (Phi) is 5.65. The van der Waals surface area contributed by atoms with Gasteiger partial charge in [0.05, 0.1) is 0 Å². The third kappa shape index (κ3) is 2.95. The Hall–Kier alpha value is 0.419. The molecule has 0 saturated carbocycles. The standard InChI is InChI=1S/C4H7.3C2H6N.Sn/c1-4(2)3;3*1-3-2;/h1H,2-3H3;3*1-2H3;/q;3*-1;+3. The van der Waals surface area contributed by atoms with Crippen molar-refractivity contribution in [2.45, 2.75) is 13.8 Å². The Morgan fingerprint density at radius 3 is 1.14 bits per heavy atom. The molecule has 0 unspecified atom stereocenters. The van der Waals surface area contributed by atoms with Crippen molar-refractivity contribution in [3.8, 4) is 0 Å². The SMILES string of the molecule is CC(C)=[CH][Sn]([N](C)C)([N](C)C)[N](C)C. The summed E-state index contributed by atoms with van der Waals surface area (Å²) >= 11 is -2.58. The van der Waals surface area contributed by atoms with Crippen molar-refractivity contribution in [3.63, 3.8) is 0 Å². The van der Waals surface area contributed by atoms with Crippen LogP contribution in [0.2, 0.25) is 0 Å². The predicted octanol–water partition coefficient (Wildman–Crippen LogP) is 1.12. The molecule has 0 radical (unpaired) electrons. The third-order valence-corrected chi connectivity index (χ3v) is 16.5. The van der Waals surface area contributed by atoms with Gasteiger partial charge in [0.2, 0.25) is 0 Å². The molecule has 0 N–H and O–H groups in total. The van der Waals surface area contributed by atoms with E-state index in [2.05, 4.69) is 69.6 Å². The van der Waals surface area contributed by atoms with Gasteiger partial charge in [-0.2, -0.15) is 0 Å².